The molecule has 0 spiro atoms. The van der Waals surface area contributed by atoms with E-state index in [0.29, 0.717) is 31.2 Å². The Kier molecular flexibility index (Phi) is 9.08. The maximum absolute atomic E-state index is 13.1. The van der Waals surface area contributed by atoms with Crippen LogP contribution in [0.5, 0.6) is 11.5 Å². The number of ether oxygens (including phenoxy) is 2. The van der Waals surface area contributed by atoms with Gasteiger partial charge in [-0.15, -0.1) is 0 Å². The summed E-state index contributed by atoms with van der Waals surface area (Å²) in [5, 5.41) is 6.80. The van der Waals surface area contributed by atoms with Crippen molar-refractivity contribution in [3.63, 3.8) is 0 Å². The Morgan fingerprint density at radius 2 is 1.82 bits per heavy atom. The number of amides is 2. The molecule has 1 heterocycles. The van der Waals surface area contributed by atoms with Crippen molar-refractivity contribution in [1.29, 1.82) is 0 Å². The van der Waals surface area contributed by atoms with Crippen LogP contribution in [0, 0.1) is 5.92 Å². The molecule has 180 valence electrons. The van der Waals surface area contributed by atoms with Crippen LogP contribution in [0.25, 0.3) is 11.3 Å². The van der Waals surface area contributed by atoms with Gasteiger partial charge in [-0.3, -0.25) is 9.59 Å². The lowest BCUT2D eigenvalue weighted by molar-refractivity contribution is -0.121. The van der Waals surface area contributed by atoms with E-state index in [1.807, 2.05) is 68.4 Å². The Morgan fingerprint density at radius 3 is 2.56 bits per heavy atom. The molecule has 8 heteroatoms. The first-order chi connectivity index (χ1) is 16.5. The van der Waals surface area contributed by atoms with Gasteiger partial charge >= 0.3 is 0 Å². The molecule has 0 saturated heterocycles. The first-order valence-corrected chi connectivity index (χ1v) is 11.3. The van der Waals surface area contributed by atoms with Crippen LogP contribution in [0.15, 0.2) is 65.2 Å². The number of benzene rings is 2. The topological polar surface area (TPSA) is 93.9 Å². The van der Waals surface area contributed by atoms with E-state index in [1.54, 1.807) is 18.1 Å². The fourth-order valence-electron chi connectivity index (χ4n) is 3.37. The molecule has 1 N–H and O–H groups in total. The molecule has 0 bridgehead atoms. The fraction of sp³-hybridized carbons (Fsp3) is 0.346. The van der Waals surface area contributed by atoms with Crippen molar-refractivity contribution in [1.82, 2.24) is 15.4 Å². The first kappa shape index (κ1) is 24.8. The van der Waals surface area contributed by atoms with Crippen molar-refractivity contribution in [3.05, 3.63) is 66.4 Å². The molecule has 0 fully saturated rings. The van der Waals surface area contributed by atoms with Crippen molar-refractivity contribution in [2.24, 2.45) is 5.92 Å². The van der Waals surface area contributed by atoms with Crippen molar-refractivity contribution in [2.75, 3.05) is 33.4 Å². The number of carbonyl (C=O) groups is 2. The summed E-state index contributed by atoms with van der Waals surface area (Å²) in [6.07, 6.45) is 0.185. The predicted octanol–water partition coefficient (Wildman–Crippen LogP) is 4.03. The SMILES string of the molecule is COc1cccc(-c2cc(C(=O)N(CCC(=O)NCCOc3ccccc3)CC(C)C)no2)c1. The van der Waals surface area contributed by atoms with Crippen LogP contribution in [0.4, 0.5) is 0 Å². The Morgan fingerprint density at radius 1 is 1.06 bits per heavy atom. The monoisotopic (exact) mass is 465 g/mol. The summed E-state index contributed by atoms with van der Waals surface area (Å²) in [6, 6.07) is 18.4. The molecule has 34 heavy (non-hydrogen) atoms. The highest BCUT2D eigenvalue weighted by molar-refractivity contribution is 5.93. The molecule has 0 saturated carbocycles. The van der Waals surface area contributed by atoms with Gasteiger partial charge in [0.15, 0.2) is 11.5 Å². The number of methoxy groups -OCH3 is 1. The lowest BCUT2D eigenvalue weighted by atomic mass is 10.1. The van der Waals surface area contributed by atoms with E-state index in [2.05, 4.69) is 10.5 Å². The second kappa shape index (κ2) is 12.4. The third-order valence-corrected chi connectivity index (χ3v) is 5.00. The molecule has 8 nitrogen and oxygen atoms in total. The summed E-state index contributed by atoms with van der Waals surface area (Å²) >= 11 is 0. The molecule has 1 aromatic heterocycles. The third kappa shape index (κ3) is 7.37. The molecular formula is C26H31N3O5. The third-order valence-electron chi connectivity index (χ3n) is 5.00. The van der Waals surface area contributed by atoms with Gasteiger partial charge in [0.2, 0.25) is 5.91 Å². The largest absolute Gasteiger partial charge is 0.497 e. The Labute approximate surface area is 199 Å². The van der Waals surface area contributed by atoms with E-state index in [9.17, 15) is 9.59 Å². The van der Waals surface area contributed by atoms with Crippen LogP contribution in [-0.4, -0.2) is 55.2 Å². The summed E-state index contributed by atoms with van der Waals surface area (Å²) in [5.41, 5.74) is 0.966. The van der Waals surface area contributed by atoms with Gasteiger partial charge in [-0.1, -0.05) is 49.3 Å². The molecule has 0 atom stereocenters. The lowest BCUT2D eigenvalue weighted by Crippen LogP contribution is -2.38. The summed E-state index contributed by atoms with van der Waals surface area (Å²) in [6.45, 7) is 5.58. The molecule has 0 aliphatic carbocycles. The Balaban J connectivity index is 1.53. The maximum atomic E-state index is 13.1. The van der Waals surface area contributed by atoms with Crippen LogP contribution in [0.1, 0.15) is 30.8 Å². The van der Waals surface area contributed by atoms with Crippen molar-refractivity contribution in [2.45, 2.75) is 20.3 Å². The number of aromatic nitrogens is 1. The zero-order valence-electron chi connectivity index (χ0n) is 19.8. The number of hydrogen-bond donors (Lipinski definition) is 1. The minimum absolute atomic E-state index is 0.143. The molecule has 3 rings (SSSR count). The van der Waals surface area contributed by atoms with Gasteiger partial charge in [0, 0.05) is 31.1 Å². The number of nitrogens with zero attached hydrogens (tertiary/aromatic N) is 2. The van der Waals surface area contributed by atoms with Gasteiger partial charge in [0.1, 0.15) is 18.1 Å². The second-order valence-corrected chi connectivity index (χ2v) is 8.21. The second-order valence-electron chi connectivity index (χ2n) is 8.21. The zero-order chi connectivity index (χ0) is 24.3. The van der Waals surface area contributed by atoms with E-state index >= 15 is 0 Å². The van der Waals surface area contributed by atoms with Crippen molar-refractivity contribution < 1.29 is 23.6 Å². The molecule has 2 amide bonds. The van der Waals surface area contributed by atoms with Crippen LogP contribution in [0.3, 0.4) is 0 Å². The highest BCUT2D eigenvalue weighted by atomic mass is 16.5. The number of para-hydroxylation sites is 1. The number of rotatable bonds is 12. The summed E-state index contributed by atoms with van der Waals surface area (Å²) in [4.78, 5) is 27.0. The van der Waals surface area contributed by atoms with Crippen LogP contribution in [0.2, 0.25) is 0 Å². The van der Waals surface area contributed by atoms with Gasteiger partial charge in [0.05, 0.1) is 13.7 Å². The highest BCUT2D eigenvalue weighted by Gasteiger charge is 2.22. The number of nitrogens with one attached hydrogen (secondary N) is 1. The molecule has 3 aromatic rings. The quantitative estimate of drug-likeness (QED) is 0.406. The smallest absolute Gasteiger partial charge is 0.276 e. The van der Waals surface area contributed by atoms with Gasteiger partial charge in [0.25, 0.3) is 5.91 Å². The van der Waals surface area contributed by atoms with Gasteiger partial charge < -0.3 is 24.2 Å². The molecule has 0 radical (unpaired) electrons. The average molecular weight is 466 g/mol. The summed E-state index contributed by atoms with van der Waals surface area (Å²) in [7, 11) is 1.59. The number of carbonyl (C=O) groups excluding carboxylic acids is 2. The van der Waals surface area contributed by atoms with Crippen LogP contribution < -0.4 is 14.8 Å². The van der Waals surface area contributed by atoms with E-state index in [-0.39, 0.29) is 36.4 Å². The maximum Gasteiger partial charge on any atom is 0.276 e. The van der Waals surface area contributed by atoms with Crippen molar-refractivity contribution >= 4 is 11.8 Å². The van der Waals surface area contributed by atoms with Gasteiger partial charge in [-0.2, -0.15) is 0 Å². The van der Waals surface area contributed by atoms with E-state index in [0.717, 1.165) is 11.3 Å². The predicted molar refractivity (Wildman–Crippen MR) is 129 cm³/mol. The zero-order valence-corrected chi connectivity index (χ0v) is 19.8. The first-order valence-electron chi connectivity index (χ1n) is 11.3. The molecular weight excluding hydrogens is 434 g/mol. The molecule has 0 aliphatic rings. The molecule has 0 aliphatic heterocycles. The Hall–Kier alpha value is -3.81. The van der Waals surface area contributed by atoms with E-state index < -0.39 is 0 Å². The number of hydrogen-bond acceptors (Lipinski definition) is 6. The Bertz CT molecular complexity index is 1070. The van der Waals surface area contributed by atoms with Gasteiger partial charge in [-0.25, -0.2) is 0 Å². The normalized spacial score (nSPS) is 10.7. The van der Waals surface area contributed by atoms with Gasteiger partial charge in [-0.05, 0) is 30.2 Å². The van der Waals surface area contributed by atoms with E-state index in [1.165, 1.54) is 0 Å². The van der Waals surface area contributed by atoms with Crippen molar-refractivity contribution in [3.8, 4) is 22.8 Å². The van der Waals surface area contributed by atoms with Crippen LogP contribution >= 0.6 is 0 Å². The molecule has 0 unspecified atom stereocenters. The minimum atomic E-state index is -0.271. The summed E-state index contributed by atoms with van der Waals surface area (Å²) < 4.78 is 16.2. The standard InChI is InChI=1S/C26H31N3O5/c1-19(2)18-29(14-12-25(30)27-13-15-33-21-9-5-4-6-10-21)26(31)23-17-24(34-28-23)20-8-7-11-22(16-20)32-3/h4-11,16-17,19H,12-15,18H2,1-3H3,(H,27,30). The van der Waals surface area contributed by atoms with E-state index in [4.69, 9.17) is 14.0 Å². The van der Waals surface area contributed by atoms with Crippen LogP contribution in [-0.2, 0) is 4.79 Å². The lowest BCUT2D eigenvalue weighted by Gasteiger charge is -2.23. The summed E-state index contributed by atoms with van der Waals surface area (Å²) in [5.74, 6) is 1.73. The minimum Gasteiger partial charge on any atom is -0.497 e. The highest BCUT2D eigenvalue weighted by Crippen LogP contribution is 2.25. The molecule has 2 aromatic carbocycles. The fourth-order valence-corrected chi connectivity index (χ4v) is 3.37. The average Bonchev–Trinajstić information content (AvgIpc) is 3.35.